The molecule has 1 aromatic heterocycles. The van der Waals surface area contributed by atoms with Gasteiger partial charge < -0.3 is 15.8 Å². The minimum absolute atomic E-state index is 0.366. The molecule has 2 aliphatic carbocycles. The molecular formula is C19H30N4O2. The molecule has 1 atom stereocenters. The average Bonchev–Trinajstić information content (AvgIpc) is 3.42. The number of nitrogens with one attached hydrogen (secondary N) is 1. The number of rotatable bonds is 8. The quantitative estimate of drug-likeness (QED) is 0.755. The molecule has 1 amide bonds. The average molecular weight is 346 g/mol. The fraction of sp³-hybridized carbons (Fsp3) is 0.737. The van der Waals surface area contributed by atoms with Crippen molar-refractivity contribution in [2.45, 2.75) is 70.9 Å². The molecule has 1 aromatic rings. The van der Waals surface area contributed by atoms with E-state index < -0.39 is 5.91 Å². The van der Waals surface area contributed by atoms with Crippen LogP contribution in [-0.4, -0.2) is 34.6 Å². The van der Waals surface area contributed by atoms with E-state index in [9.17, 15) is 4.79 Å². The molecule has 1 unspecified atom stereocenters. The van der Waals surface area contributed by atoms with Gasteiger partial charge in [-0.05, 0) is 63.7 Å². The summed E-state index contributed by atoms with van der Waals surface area (Å²) >= 11 is 0. The number of ether oxygens (including phenoxy) is 1. The second kappa shape index (κ2) is 8.13. The van der Waals surface area contributed by atoms with Gasteiger partial charge in [-0.2, -0.15) is 0 Å². The first-order valence-electron chi connectivity index (χ1n) is 9.60. The highest BCUT2D eigenvalue weighted by molar-refractivity contribution is 5.93. The monoisotopic (exact) mass is 346 g/mol. The molecule has 0 aliphatic heterocycles. The lowest BCUT2D eigenvalue weighted by molar-refractivity contribution is 0.0346. The predicted molar refractivity (Wildman–Crippen MR) is 97.4 cm³/mol. The Labute approximate surface area is 149 Å². The van der Waals surface area contributed by atoms with Crippen molar-refractivity contribution in [3.8, 4) is 0 Å². The van der Waals surface area contributed by atoms with E-state index in [-0.39, 0.29) is 0 Å². The van der Waals surface area contributed by atoms with Gasteiger partial charge >= 0.3 is 0 Å². The summed E-state index contributed by atoms with van der Waals surface area (Å²) in [5.74, 6) is 1.47. The number of aromatic nitrogens is 2. The highest BCUT2D eigenvalue weighted by Gasteiger charge is 2.29. The van der Waals surface area contributed by atoms with Gasteiger partial charge in [0, 0.05) is 18.8 Å². The molecule has 3 rings (SSSR count). The minimum Gasteiger partial charge on any atom is -0.379 e. The van der Waals surface area contributed by atoms with E-state index in [0.717, 1.165) is 50.3 Å². The van der Waals surface area contributed by atoms with Crippen LogP contribution in [0.2, 0.25) is 0 Å². The maximum atomic E-state index is 11.7. The summed E-state index contributed by atoms with van der Waals surface area (Å²) in [5.41, 5.74) is 6.75. The summed E-state index contributed by atoms with van der Waals surface area (Å²) in [4.78, 5) is 20.7. The molecule has 138 valence electrons. The predicted octanol–water partition coefficient (Wildman–Crippen LogP) is 2.92. The third-order valence-electron chi connectivity index (χ3n) is 5.49. The van der Waals surface area contributed by atoms with Crippen molar-refractivity contribution in [3.05, 3.63) is 17.5 Å². The van der Waals surface area contributed by atoms with Gasteiger partial charge in [-0.3, -0.25) is 4.79 Å². The lowest BCUT2D eigenvalue weighted by atomic mass is 9.93. The van der Waals surface area contributed by atoms with E-state index in [0.29, 0.717) is 29.6 Å². The van der Waals surface area contributed by atoms with Gasteiger partial charge in [0.05, 0.1) is 17.4 Å². The zero-order valence-electron chi connectivity index (χ0n) is 15.3. The fourth-order valence-electron chi connectivity index (χ4n) is 3.78. The third-order valence-corrected chi connectivity index (χ3v) is 5.49. The molecule has 0 bridgehead atoms. The first-order chi connectivity index (χ1) is 12.1. The number of nitrogens with zero attached hydrogens (tertiary/aromatic N) is 2. The molecule has 2 fully saturated rings. The summed E-state index contributed by atoms with van der Waals surface area (Å²) in [6.07, 6.45) is 9.57. The maximum absolute atomic E-state index is 11.7. The van der Waals surface area contributed by atoms with Crippen LogP contribution in [0.15, 0.2) is 6.20 Å². The number of hydrogen-bond donors (Lipinski definition) is 2. The highest BCUT2D eigenvalue weighted by Crippen LogP contribution is 2.38. The van der Waals surface area contributed by atoms with Gasteiger partial charge in [0.25, 0.3) is 5.91 Å². The molecule has 0 aromatic carbocycles. The molecule has 3 N–H and O–H groups in total. The second-order valence-corrected chi connectivity index (χ2v) is 7.51. The Bertz CT molecular complexity index is 595. The number of nitrogens with two attached hydrogens (primary N) is 1. The van der Waals surface area contributed by atoms with E-state index in [4.69, 9.17) is 10.5 Å². The number of carbonyl (C=O) groups is 1. The van der Waals surface area contributed by atoms with Crippen molar-refractivity contribution in [2.24, 2.45) is 17.6 Å². The first-order valence-corrected chi connectivity index (χ1v) is 9.60. The summed E-state index contributed by atoms with van der Waals surface area (Å²) < 4.78 is 5.70. The zero-order chi connectivity index (χ0) is 17.8. The van der Waals surface area contributed by atoms with Crippen LogP contribution in [0.1, 0.15) is 68.4 Å². The summed E-state index contributed by atoms with van der Waals surface area (Å²) in [6, 6.07) is 0.366. The Balaban J connectivity index is 1.64. The number of hydrogen-bond acceptors (Lipinski definition) is 5. The largest absolute Gasteiger partial charge is 0.379 e. The summed E-state index contributed by atoms with van der Waals surface area (Å²) in [5, 5.41) is 3.44. The van der Waals surface area contributed by atoms with Crippen LogP contribution >= 0.6 is 0 Å². The topological polar surface area (TPSA) is 90.1 Å². The van der Waals surface area contributed by atoms with Crippen molar-refractivity contribution < 1.29 is 9.53 Å². The van der Waals surface area contributed by atoms with E-state index in [1.54, 1.807) is 6.20 Å². The summed E-state index contributed by atoms with van der Waals surface area (Å²) in [7, 11) is 0. The Morgan fingerprint density at radius 3 is 2.64 bits per heavy atom. The molecule has 6 heteroatoms. The van der Waals surface area contributed by atoms with Gasteiger partial charge in [0.15, 0.2) is 0 Å². The molecule has 2 aliphatic rings. The van der Waals surface area contributed by atoms with Gasteiger partial charge in [-0.15, -0.1) is 0 Å². The third kappa shape index (κ3) is 4.91. The van der Waals surface area contributed by atoms with Crippen molar-refractivity contribution in [1.29, 1.82) is 0 Å². The molecule has 0 spiro atoms. The summed E-state index contributed by atoms with van der Waals surface area (Å²) in [6.45, 7) is 5.05. The second-order valence-electron chi connectivity index (χ2n) is 7.51. The van der Waals surface area contributed by atoms with Crippen LogP contribution in [0, 0.1) is 11.8 Å². The zero-order valence-corrected chi connectivity index (χ0v) is 15.3. The Morgan fingerprint density at radius 1 is 1.32 bits per heavy atom. The van der Waals surface area contributed by atoms with Crippen molar-refractivity contribution in [3.63, 3.8) is 0 Å². The lowest BCUT2D eigenvalue weighted by Crippen LogP contribution is -2.30. The maximum Gasteiger partial charge on any atom is 0.252 e. The molecular weight excluding hydrogens is 316 g/mol. The van der Waals surface area contributed by atoms with Gasteiger partial charge in [-0.1, -0.05) is 6.92 Å². The van der Waals surface area contributed by atoms with Crippen LogP contribution in [0.4, 0.5) is 5.95 Å². The molecule has 2 saturated carbocycles. The van der Waals surface area contributed by atoms with E-state index in [1.807, 2.05) is 6.92 Å². The standard InChI is InChI=1S/C19H30N4O2/c1-3-25-15-8-6-14(7-9-15)22-19-21-11-16(18(20)24)17(23-19)10-12(2)13-4-5-13/h11-15H,3-10H2,1-2H3,(H2,20,24)(H,21,22,23). The number of carbonyl (C=O) groups excluding carboxylic acids is 1. The normalized spacial score (nSPS) is 24.7. The number of primary amides is 1. The van der Waals surface area contributed by atoms with E-state index in [2.05, 4.69) is 22.2 Å². The molecule has 25 heavy (non-hydrogen) atoms. The molecule has 6 nitrogen and oxygen atoms in total. The van der Waals surface area contributed by atoms with Gasteiger partial charge in [-0.25, -0.2) is 9.97 Å². The highest BCUT2D eigenvalue weighted by atomic mass is 16.5. The molecule has 1 heterocycles. The smallest absolute Gasteiger partial charge is 0.252 e. The van der Waals surface area contributed by atoms with Crippen molar-refractivity contribution in [2.75, 3.05) is 11.9 Å². The fourth-order valence-corrected chi connectivity index (χ4v) is 3.78. The number of anilines is 1. The van der Waals surface area contributed by atoms with E-state index in [1.165, 1.54) is 12.8 Å². The molecule has 0 radical (unpaired) electrons. The van der Waals surface area contributed by atoms with Crippen LogP contribution in [0.5, 0.6) is 0 Å². The van der Waals surface area contributed by atoms with Crippen LogP contribution < -0.4 is 11.1 Å². The Kier molecular flexibility index (Phi) is 5.89. The van der Waals surface area contributed by atoms with Crippen LogP contribution in [0.3, 0.4) is 0 Å². The SMILES string of the molecule is CCOC1CCC(Nc2ncc(C(N)=O)c(CC(C)C3CC3)n2)CC1. The van der Waals surface area contributed by atoms with Gasteiger partial charge in [0.2, 0.25) is 5.95 Å². The number of amides is 1. The Morgan fingerprint density at radius 2 is 2.04 bits per heavy atom. The van der Waals surface area contributed by atoms with Crippen LogP contribution in [-0.2, 0) is 11.2 Å². The Hall–Kier alpha value is -1.69. The van der Waals surface area contributed by atoms with Crippen LogP contribution in [0.25, 0.3) is 0 Å². The van der Waals surface area contributed by atoms with Crippen molar-refractivity contribution >= 4 is 11.9 Å². The van der Waals surface area contributed by atoms with Crippen molar-refractivity contribution in [1.82, 2.24) is 9.97 Å². The minimum atomic E-state index is -0.443. The lowest BCUT2D eigenvalue weighted by Gasteiger charge is -2.29. The van der Waals surface area contributed by atoms with E-state index >= 15 is 0 Å². The van der Waals surface area contributed by atoms with Gasteiger partial charge in [0.1, 0.15) is 0 Å². The first kappa shape index (κ1) is 18.1. The molecule has 0 saturated heterocycles.